The van der Waals surface area contributed by atoms with Crippen molar-refractivity contribution >= 4 is 0 Å². The van der Waals surface area contributed by atoms with Crippen molar-refractivity contribution in [2.24, 2.45) is 0 Å². The number of aromatic hydroxyl groups is 1. The highest BCUT2D eigenvalue weighted by molar-refractivity contribution is 5.41. The Bertz CT molecular complexity index is 558. The Balaban J connectivity index is 1.92. The van der Waals surface area contributed by atoms with Gasteiger partial charge in [0.05, 0.1) is 7.11 Å². The third-order valence-electron chi connectivity index (χ3n) is 2.79. The SMILES string of the molecule is COc1cc(CNCc2cccc(F)c2)ccc1O. The second kappa shape index (κ2) is 6.20. The summed E-state index contributed by atoms with van der Waals surface area (Å²) in [7, 11) is 1.51. The molecule has 0 unspecified atom stereocenters. The van der Waals surface area contributed by atoms with Crippen molar-refractivity contribution in [1.29, 1.82) is 0 Å². The number of nitrogens with one attached hydrogen (secondary N) is 1. The summed E-state index contributed by atoms with van der Waals surface area (Å²) in [5, 5.41) is 12.7. The summed E-state index contributed by atoms with van der Waals surface area (Å²) in [6, 6.07) is 11.7. The summed E-state index contributed by atoms with van der Waals surface area (Å²) in [6.45, 7) is 1.20. The number of methoxy groups -OCH3 is 1. The molecule has 2 aromatic rings. The van der Waals surface area contributed by atoms with Gasteiger partial charge in [-0.25, -0.2) is 4.39 Å². The lowest BCUT2D eigenvalue weighted by Crippen LogP contribution is -2.12. The minimum atomic E-state index is -0.231. The molecule has 0 bridgehead atoms. The van der Waals surface area contributed by atoms with E-state index < -0.39 is 0 Å². The first-order chi connectivity index (χ1) is 9.19. The zero-order chi connectivity index (χ0) is 13.7. The number of phenols is 1. The van der Waals surface area contributed by atoms with Gasteiger partial charge in [-0.1, -0.05) is 18.2 Å². The fraction of sp³-hybridized carbons (Fsp3) is 0.200. The number of rotatable bonds is 5. The van der Waals surface area contributed by atoms with Gasteiger partial charge in [0.15, 0.2) is 11.5 Å². The first-order valence-corrected chi connectivity index (χ1v) is 6.00. The Kier molecular flexibility index (Phi) is 4.36. The molecule has 0 heterocycles. The number of hydrogen-bond acceptors (Lipinski definition) is 3. The van der Waals surface area contributed by atoms with Gasteiger partial charge in [0.1, 0.15) is 5.82 Å². The van der Waals surface area contributed by atoms with Crippen LogP contribution in [-0.4, -0.2) is 12.2 Å². The summed E-state index contributed by atoms with van der Waals surface area (Å²) >= 11 is 0. The van der Waals surface area contributed by atoms with Gasteiger partial charge < -0.3 is 15.2 Å². The number of phenolic OH excluding ortho intramolecular Hbond substituents is 1. The van der Waals surface area contributed by atoms with Gasteiger partial charge in [-0.05, 0) is 35.4 Å². The number of benzene rings is 2. The van der Waals surface area contributed by atoms with Crippen molar-refractivity contribution in [3.8, 4) is 11.5 Å². The summed E-state index contributed by atoms with van der Waals surface area (Å²) in [5.74, 6) is 0.340. The van der Waals surface area contributed by atoms with Gasteiger partial charge in [0.2, 0.25) is 0 Å². The Labute approximate surface area is 111 Å². The minimum absolute atomic E-state index is 0.122. The predicted molar refractivity (Wildman–Crippen MR) is 71.6 cm³/mol. The normalized spacial score (nSPS) is 10.4. The van der Waals surface area contributed by atoms with Crippen LogP contribution < -0.4 is 10.1 Å². The van der Waals surface area contributed by atoms with E-state index >= 15 is 0 Å². The van der Waals surface area contributed by atoms with Crippen molar-refractivity contribution in [2.75, 3.05) is 7.11 Å². The Morgan fingerprint density at radius 3 is 2.53 bits per heavy atom. The van der Waals surface area contributed by atoms with E-state index in [1.807, 2.05) is 12.1 Å². The van der Waals surface area contributed by atoms with Crippen LogP contribution in [0, 0.1) is 5.82 Å². The van der Waals surface area contributed by atoms with Crippen molar-refractivity contribution in [3.63, 3.8) is 0 Å². The van der Waals surface area contributed by atoms with Crippen molar-refractivity contribution in [1.82, 2.24) is 5.32 Å². The van der Waals surface area contributed by atoms with Crippen LogP contribution in [0.25, 0.3) is 0 Å². The Morgan fingerprint density at radius 1 is 1.11 bits per heavy atom. The summed E-state index contributed by atoms with van der Waals surface area (Å²) in [6.07, 6.45) is 0. The topological polar surface area (TPSA) is 41.5 Å². The lowest BCUT2D eigenvalue weighted by atomic mass is 10.2. The monoisotopic (exact) mass is 261 g/mol. The maximum Gasteiger partial charge on any atom is 0.160 e. The van der Waals surface area contributed by atoms with E-state index in [0.717, 1.165) is 11.1 Å². The standard InChI is InChI=1S/C15H16FNO2/c1-19-15-8-12(5-6-14(15)18)10-17-9-11-3-2-4-13(16)7-11/h2-8,17-18H,9-10H2,1H3. The average Bonchev–Trinajstić information content (AvgIpc) is 2.41. The number of halogens is 1. The molecule has 100 valence electrons. The highest BCUT2D eigenvalue weighted by Crippen LogP contribution is 2.26. The van der Waals surface area contributed by atoms with E-state index in [4.69, 9.17) is 4.74 Å². The molecule has 0 amide bonds. The second-order valence-corrected chi connectivity index (χ2v) is 4.24. The minimum Gasteiger partial charge on any atom is -0.504 e. The molecule has 19 heavy (non-hydrogen) atoms. The fourth-order valence-corrected chi connectivity index (χ4v) is 1.83. The van der Waals surface area contributed by atoms with Gasteiger partial charge >= 0.3 is 0 Å². The molecule has 0 atom stereocenters. The van der Waals surface area contributed by atoms with Gasteiger partial charge in [-0.3, -0.25) is 0 Å². The van der Waals surface area contributed by atoms with Crippen LogP contribution in [0.15, 0.2) is 42.5 Å². The maximum atomic E-state index is 13.0. The molecule has 0 saturated heterocycles. The molecule has 0 spiro atoms. The molecule has 2 aromatic carbocycles. The van der Waals surface area contributed by atoms with Crippen LogP contribution in [0.1, 0.15) is 11.1 Å². The van der Waals surface area contributed by atoms with Crippen molar-refractivity contribution < 1.29 is 14.2 Å². The van der Waals surface area contributed by atoms with Gasteiger partial charge in [0.25, 0.3) is 0 Å². The second-order valence-electron chi connectivity index (χ2n) is 4.24. The van der Waals surface area contributed by atoms with Crippen molar-refractivity contribution in [3.05, 3.63) is 59.4 Å². The lowest BCUT2D eigenvalue weighted by molar-refractivity contribution is 0.373. The largest absolute Gasteiger partial charge is 0.504 e. The first kappa shape index (κ1) is 13.4. The van der Waals surface area contributed by atoms with E-state index in [9.17, 15) is 9.50 Å². The number of hydrogen-bond donors (Lipinski definition) is 2. The molecular weight excluding hydrogens is 245 g/mol. The summed E-state index contributed by atoms with van der Waals surface area (Å²) < 4.78 is 18.0. The zero-order valence-corrected chi connectivity index (χ0v) is 10.7. The third-order valence-corrected chi connectivity index (χ3v) is 2.79. The van der Waals surface area contributed by atoms with Crippen LogP contribution in [0.4, 0.5) is 4.39 Å². The van der Waals surface area contributed by atoms with E-state index in [-0.39, 0.29) is 11.6 Å². The molecule has 0 aliphatic heterocycles. The average molecular weight is 261 g/mol. The van der Waals surface area contributed by atoms with Gasteiger partial charge in [0, 0.05) is 13.1 Å². The molecule has 0 aromatic heterocycles. The highest BCUT2D eigenvalue weighted by atomic mass is 19.1. The molecule has 0 aliphatic carbocycles. The maximum absolute atomic E-state index is 13.0. The molecule has 0 saturated carbocycles. The van der Waals surface area contributed by atoms with E-state index in [2.05, 4.69) is 5.32 Å². The zero-order valence-electron chi connectivity index (χ0n) is 10.7. The van der Waals surface area contributed by atoms with Gasteiger partial charge in [-0.2, -0.15) is 0 Å². The molecule has 0 aliphatic rings. The molecule has 3 nitrogen and oxygen atoms in total. The molecule has 2 N–H and O–H groups in total. The van der Waals surface area contributed by atoms with Crippen LogP contribution >= 0.6 is 0 Å². The third kappa shape index (κ3) is 3.69. The summed E-state index contributed by atoms with van der Waals surface area (Å²) in [5.41, 5.74) is 1.89. The van der Waals surface area contributed by atoms with Gasteiger partial charge in [-0.15, -0.1) is 0 Å². The van der Waals surface area contributed by atoms with Crippen LogP contribution in [0.2, 0.25) is 0 Å². The predicted octanol–water partition coefficient (Wildman–Crippen LogP) is 2.83. The first-order valence-electron chi connectivity index (χ1n) is 6.00. The summed E-state index contributed by atoms with van der Waals surface area (Å²) in [4.78, 5) is 0. The highest BCUT2D eigenvalue weighted by Gasteiger charge is 2.02. The smallest absolute Gasteiger partial charge is 0.160 e. The lowest BCUT2D eigenvalue weighted by Gasteiger charge is -2.08. The van der Waals surface area contributed by atoms with E-state index in [0.29, 0.717) is 18.8 Å². The Morgan fingerprint density at radius 2 is 1.84 bits per heavy atom. The van der Waals surface area contributed by atoms with Crippen molar-refractivity contribution in [2.45, 2.75) is 13.1 Å². The van der Waals surface area contributed by atoms with Crippen LogP contribution in [-0.2, 0) is 13.1 Å². The molecular formula is C15H16FNO2. The quantitative estimate of drug-likeness (QED) is 0.869. The number of ether oxygens (including phenoxy) is 1. The Hall–Kier alpha value is -2.07. The van der Waals surface area contributed by atoms with Crippen LogP contribution in [0.5, 0.6) is 11.5 Å². The molecule has 4 heteroatoms. The fourth-order valence-electron chi connectivity index (χ4n) is 1.83. The van der Waals surface area contributed by atoms with E-state index in [1.165, 1.54) is 19.2 Å². The van der Waals surface area contributed by atoms with Crippen LogP contribution in [0.3, 0.4) is 0 Å². The molecule has 0 radical (unpaired) electrons. The molecule has 0 fully saturated rings. The molecule has 2 rings (SSSR count). The van der Waals surface area contributed by atoms with E-state index in [1.54, 1.807) is 18.2 Å².